The van der Waals surface area contributed by atoms with Gasteiger partial charge in [-0.1, -0.05) is 6.07 Å². The minimum absolute atomic E-state index is 0.142. The number of nitro groups is 1. The number of furan rings is 1. The molecule has 0 aliphatic carbocycles. The maximum absolute atomic E-state index is 13.1. The van der Waals surface area contributed by atoms with Crippen molar-refractivity contribution in [1.82, 2.24) is 0 Å². The van der Waals surface area contributed by atoms with Crippen molar-refractivity contribution < 1.29 is 24.0 Å². The number of aryl methyl sites for hydroxylation is 3. The van der Waals surface area contributed by atoms with E-state index in [-0.39, 0.29) is 16.8 Å². The molecule has 32 heavy (non-hydrogen) atoms. The van der Waals surface area contributed by atoms with Gasteiger partial charge in [-0.3, -0.25) is 24.6 Å². The van der Waals surface area contributed by atoms with Gasteiger partial charge in [-0.05, 0) is 68.3 Å². The highest BCUT2D eigenvalue weighted by Gasteiger charge is 2.48. The predicted octanol–water partition coefficient (Wildman–Crippen LogP) is 4.74. The zero-order valence-corrected chi connectivity index (χ0v) is 17.7. The lowest BCUT2D eigenvalue weighted by Gasteiger charge is -2.24. The maximum Gasteiger partial charge on any atom is 0.300 e. The Kier molecular flexibility index (Phi) is 5.14. The topological polar surface area (TPSA) is 114 Å². The molecule has 2 aromatic carbocycles. The minimum atomic E-state index is -0.985. The average Bonchev–Trinajstić information content (AvgIpc) is 3.31. The van der Waals surface area contributed by atoms with Crippen LogP contribution in [0, 0.1) is 30.9 Å². The van der Waals surface area contributed by atoms with Gasteiger partial charge in [-0.2, -0.15) is 0 Å². The van der Waals surface area contributed by atoms with Crippen LogP contribution < -0.4 is 4.90 Å². The number of ketones is 1. The highest BCUT2D eigenvalue weighted by Crippen LogP contribution is 2.43. The van der Waals surface area contributed by atoms with Crippen LogP contribution in [0.4, 0.5) is 11.4 Å². The lowest BCUT2D eigenvalue weighted by molar-refractivity contribution is -0.384. The largest absolute Gasteiger partial charge is 0.507 e. The summed E-state index contributed by atoms with van der Waals surface area (Å²) in [7, 11) is 0. The molecule has 1 unspecified atom stereocenters. The first-order valence-electron chi connectivity index (χ1n) is 9.88. The molecule has 1 atom stereocenters. The molecule has 1 N–H and O–H groups in total. The number of non-ortho nitro benzene ring substituents is 1. The van der Waals surface area contributed by atoms with E-state index in [0.29, 0.717) is 17.2 Å². The molecule has 0 bridgehead atoms. The number of nitrogens with zero attached hydrogens (tertiary/aromatic N) is 2. The summed E-state index contributed by atoms with van der Waals surface area (Å²) in [5, 5.41) is 21.9. The molecule has 1 amide bonds. The van der Waals surface area contributed by atoms with E-state index in [9.17, 15) is 24.8 Å². The molecule has 1 saturated heterocycles. The van der Waals surface area contributed by atoms with Crippen LogP contribution >= 0.6 is 0 Å². The number of Topliss-reactive ketones (excluding diaryl/α,β-unsaturated/α-hetero) is 1. The summed E-state index contributed by atoms with van der Waals surface area (Å²) in [6.07, 6.45) is 0. The fourth-order valence-electron chi connectivity index (χ4n) is 3.74. The van der Waals surface area contributed by atoms with E-state index in [1.807, 2.05) is 19.9 Å². The molecule has 1 aliphatic rings. The molecule has 2 heterocycles. The molecule has 0 saturated carbocycles. The van der Waals surface area contributed by atoms with Gasteiger partial charge in [0.15, 0.2) is 0 Å². The Morgan fingerprint density at radius 1 is 1.00 bits per heavy atom. The molecule has 0 spiro atoms. The van der Waals surface area contributed by atoms with E-state index in [0.717, 1.165) is 11.1 Å². The molecular formula is C24H20N2O6. The number of carbonyl (C=O) groups excluding carboxylic acids is 2. The normalized spacial score (nSPS) is 17.7. The van der Waals surface area contributed by atoms with E-state index in [4.69, 9.17) is 4.42 Å². The number of nitro benzene ring substituents is 1. The highest BCUT2D eigenvalue weighted by molar-refractivity contribution is 6.51. The van der Waals surface area contributed by atoms with Crippen molar-refractivity contribution in [3.8, 4) is 0 Å². The Labute approximate surface area is 183 Å². The Balaban J connectivity index is 1.91. The van der Waals surface area contributed by atoms with Crippen LogP contribution in [0.15, 0.2) is 64.6 Å². The van der Waals surface area contributed by atoms with Gasteiger partial charge in [0.1, 0.15) is 23.3 Å². The van der Waals surface area contributed by atoms with Crippen molar-refractivity contribution >= 4 is 28.8 Å². The SMILES string of the molecule is Cc1ccc(C2/C(=C(/O)c3ccc([N+](=O)[O-])cc3)C(=O)C(=O)N2c2ccc(C)c(C)c2)o1. The number of benzene rings is 2. The summed E-state index contributed by atoms with van der Waals surface area (Å²) in [6.45, 7) is 5.58. The van der Waals surface area contributed by atoms with Crippen LogP contribution in [-0.4, -0.2) is 21.7 Å². The van der Waals surface area contributed by atoms with Crippen molar-refractivity contribution in [2.24, 2.45) is 0 Å². The van der Waals surface area contributed by atoms with Crippen LogP contribution in [0.3, 0.4) is 0 Å². The predicted molar refractivity (Wildman–Crippen MR) is 117 cm³/mol. The molecule has 8 nitrogen and oxygen atoms in total. The lowest BCUT2D eigenvalue weighted by atomic mass is 9.99. The van der Waals surface area contributed by atoms with Gasteiger partial charge in [0, 0.05) is 23.4 Å². The maximum atomic E-state index is 13.1. The first-order valence-corrected chi connectivity index (χ1v) is 9.88. The third-order valence-corrected chi connectivity index (χ3v) is 5.60. The number of rotatable bonds is 4. The first-order chi connectivity index (χ1) is 15.2. The van der Waals surface area contributed by atoms with Crippen molar-refractivity contribution in [1.29, 1.82) is 0 Å². The number of anilines is 1. The zero-order chi connectivity index (χ0) is 23.2. The Bertz CT molecular complexity index is 1290. The third kappa shape index (κ3) is 3.45. The second-order valence-electron chi connectivity index (χ2n) is 7.69. The summed E-state index contributed by atoms with van der Waals surface area (Å²) in [6, 6.07) is 12.9. The van der Waals surface area contributed by atoms with Gasteiger partial charge in [0.05, 0.1) is 10.5 Å². The Hall–Kier alpha value is -4.20. The summed E-state index contributed by atoms with van der Waals surface area (Å²) < 4.78 is 5.76. The highest BCUT2D eigenvalue weighted by atomic mass is 16.6. The number of hydrogen-bond donors (Lipinski definition) is 1. The van der Waals surface area contributed by atoms with E-state index in [1.54, 1.807) is 31.2 Å². The van der Waals surface area contributed by atoms with Crippen LogP contribution in [-0.2, 0) is 9.59 Å². The van der Waals surface area contributed by atoms with Crippen LogP contribution in [0.5, 0.6) is 0 Å². The molecule has 8 heteroatoms. The summed E-state index contributed by atoms with van der Waals surface area (Å²) in [4.78, 5) is 37.8. The zero-order valence-electron chi connectivity index (χ0n) is 17.7. The van der Waals surface area contributed by atoms with Gasteiger partial charge in [-0.25, -0.2) is 0 Å². The van der Waals surface area contributed by atoms with E-state index >= 15 is 0 Å². The van der Waals surface area contributed by atoms with E-state index in [2.05, 4.69) is 0 Å². The number of amides is 1. The quantitative estimate of drug-likeness (QED) is 0.209. The van der Waals surface area contributed by atoms with E-state index < -0.39 is 28.4 Å². The molecule has 1 aliphatic heterocycles. The molecule has 162 valence electrons. The van der Waals surface area contributed by atoms with Gasteiger partial charge in [-0.15, -0.1) is 0 Å². The molecule has 0 radical (unpaired) electrons. The van der Waals surface area contributed by atoms with Gasteiger partial charge < -0.3 is 9.52 Å². The van der Waals surface area contributed by atoms with E-state index in [1.165, 1.54) is 29.2 Å². The number of carbonyl (C=O) groups is 2. The van der Waals surface area contributed by atoms with Crippen LogP contribution in [0.25, 0.3) is 5.76 Å². The molecule has 3 aromatic rings. The lowest BCUT2D eigenvalue weighted by Crippen LogP contribution is -2.29. The smallest absolute Gasteiger partial charge is 0.300 e. The van der Waals surface area contributed by atoms with Crippen molar-refractivity contribution in [2.45, 2.75) is 26.8 Å². The fraction of sp³-hybridized carbons (Fsp3) is 0.167. The molecule has 4 rings (SSSR count). The minimum Gasteiger partial charge on any atom is -0.507 e. The Morgan fingerprint density at radius 2 is 1.69 bits per heavy atom. The van der Waals surface area contributed by atoms with Crippen molar-refractivity contribution in [2.75, 3.05) is 4.90 Å². The summed E-state index contributed by atoms with van der Waals surface area (Å²) >= 11 is 0. The number of aliphatic hydroxyl groups excluding tert-OH is 1. The Morgan fingerprint density at radius 3 is 2.25 bits per heavy atom. The average molecular weight is 432 g/mol. The number of hydrogen-bond acceptors (Lipinski definition) is 6. The monoisotopic (exact) mass is 432 g/mol. The number of aliphatic hydroxyl groups is 1. The van der Waals surface area contributed by atoms with Crippen molar-refractivity contribution in [3.63, 3.8) is 0 Å². The summed E-state index contributed by atoms with van der Waals surface area (Å²) in [5.74, 6) is -1.18. The van der Waals surface area contributed by atoms with Crippen LogP contribution in [0.1, 0.15) is 34.3 Å². The first kappa shape index (κ1) is 21.0. The molecule has 1 fully saturated rings. The van der Waals surface area contributed by atoms with Crippen molar-refractivity contribution in [3.05, 3.63) is 98.5 Å². The second-order valence-corrected chi connectivity index (χ2v) is 7.69. The van der Waals surface area contributed by atoms with Gasteiger partial charge in [0.2, 0.25) is 0 Å². The third-order valence-electron chi connectivity index (χ3n) is 5.60. The second kappa shape index (κ2) is 7.81. The fourth-order valence-corrected chi connectivity index (χ4v) is 3.74. The summed E-state index contributed by atoms with van der Waals surface area (Å²) in [5.41, 5.74) is 2.35. The standard InChI is InChI=1S/C24H20N2O6/c1-13-4-8-18(12-14(13)2)25-21(19-11-5-15(3)32-19)20(23(28)24(25)29)22(27)16-6-9-17(10-7-16)26(30)31/h4-12,21,27H,1-3H3/b22-20-. The van der Waals surface area contributed by atoms with Gasteiger partial charge >= 0.3 is 0 Å². The molecule has 1 aromatic heterocycles. The molecular weight excluding hydrogens is 412 g/mol. The van der Waals surface area contributed by atoms with Gasteiger partial charge in [0.25, 0.3) is 17.4 Å². The van der Waals surface area contributed by atoms with Crippen LogP contribution in [0.2, 0.25) is 0 Å².